The van der Waals surface area contributed by atoms with Crippen LogP contribution in [0.4, 0.5) is 23.0 Å². The number of rotatable bonds is 9. The molecule has 36 heavy (non-hydrogen) atoms. The van der Waals surface area contributed by atoms with Gasteiger partial charge in [-0.15, -0.1) is 0 Å². The van der Waals surface area contributed by atoms with Crippen LogP contribution in [0.2, 0.25) is 0 Å². The normalized spacial score (nSPS) is 10.1. The zero-order chi connectivity index (χ0) is 25.3. The van der Waals surface area contributed by atoms with Crippen LogP contribution in [0.1, 0.15) is 14.6 Å². The molecule has 1 heterocycles. The third kappa shape index (κ3) is 6.23. The zero-order valence-corrected chi connectivity index (χ0v) is 19.4. The van der Waals surface area contributed by atoms with Crippen molar-refractivity contribution in [2.75, 3.05) is 23.1 Å². The molecule has 3 N–H and O–H groups in total. The van der Waals surface area contributed by atoms with Gasteiger partial charge in [-0.3, -0.25) is 9.59 Å². The van der Waals surface area contributed by atoms with Crippen LogP contribution in [-0.4, -0.2) is 28.9 Å². The second kappa shape index (κ2) is 11.3. The van der Waals surface area contributed by atoms with Gasteiger partial charge in [0.15, 0.2) is 0 Å². The van der Waals surface area contributed by atoms with Crippen molar-refractivity contribution in [1.82, 2.24) is 9.97 Å². The van der Waals surface area contributed by atoms with Crippen LogP contribution in [0.15, 0.2) is 97.7 Å². The average molecular weight is 488 g/mol. The first-order chi connectivity index (χ1) is 17.5. The maximum atomic E-state index is 13.1. The fraction of sp³-hybridized carbons (Fsp3) is 0.0370. The molecule has 0 bridgehead atoms. The van der Waals surface area contributed by atoms with Crippen LogP contribution in [0.5, 0.6) is 17.4 Å². The maximum absolute atomic E-state index is 13.1. The summed E-state index contributed by atoms with van der Waals surface area (Å²) in [5.41, 5.74) is 1.92. The number of carbonyl (C=O) groups is 2. The summed E-state index contributed by atoms with van der Waals surface area (Å²) in [6.07, 6.45) is 2.55. The van der Waals surface area contributed by atoms with Crippen molar-refractivity contribution in [3.63, 3.8) is 0 Å². The highest BCUT2D eigenvalue weighted by atomic mass is 16.5. The Morgan fingerprint density at radius 3 is 2.33 bits per heavy atom. The number of aromatic nitrogens is 2. The molecule has 0 fully saturated rings. The molecular weight excluding hydrogens is 458 g/mol. The first kappa shape index (κ1) is 24.0. The SMILES string of the molecule is C=CC(=O)Nc1cccc(Oc2nc(Nc3cccc(OC)c3)ncc2C(=O)Nc2ccccc2)c1.[HH].[HH].[HH]. The van der Waals surface area contributed by atoms with E-state index in [2.05, 4.69) is 32.5 Å². The number of hydrogen-bond acceptors (Lipinski definition) is 7. The molecule has 2 amide bonds. The molecule has 0 aliphatic carbocycles. The van der Waals surface area contributed by atoms with Crippen LogP contribution in [0.25, 0.3) is 0 Å². The Balaban J connectivity index is 0.00000253. The molecule has 9 nitrogen and oxygen atoms in total. The van der Waals surface area contributed by atoms with Crippen LogP contribution < -0.4 is 25.4 Å². The van der Waals surface area contributed by atoms with Gasteiger partial charge in [-0.2, -0.15) is 4.98 Å². The van der Waals surface area contributed by atoms with Crippen LogP contribution in [-0.2, 0) is 4.79 Å². The van der Waals surface area contributed by atoms with Gasteiger partial charge in [0.1, 0.15) is 17.1 Å². The first-order valence-corrected chi connectivity index (χ1v) is 10.9. The second-order valence-electron chi connectivity index (χ2n) is 7.41. The fourth-order valence-corrected chi connectivity index (χ4v) is 3.15. The summed E-state index contributed by atoms with van der Waals surface area (Å²) in [6, 6.07) is 23.0. The predicted octanol–water partition coefficient (Wildman–Crippen LogP) is 6.14. The summed E-state index contributed by atoms with van der Waals surface area (Å²) in [5.74, 6) is 0.453. The number of benzene rings is 3. The number of anilines is 4. The van der Waals surface area contributed by atoms with Crippen LogP contribution >= 0.6 is 0 Å². The zero-order valence-electron chi connectivity index (χ0n) is 19.4. The number of nitrogens with one attached hydrogen (secondary N) is 3. The smallest absolute Gasteiger partial charge is 0.262 e. The fourth-order valence-electron chi connectivity index (χ4n) is 3.15. The Morgan fingerprint density at radius 1 is 0.889 bits per heavy atom. The number of methoxy groups -OCH3 is 1. The van der Waals surface area contributed by atoms with E-state index < -0.39 is 5.91 Å². The number of carbonyl (C=O) groups excluding carboxylic acids is 2. The minimum atomic E-state index is -0.444. The predicted molar refractivity (Wildman–Crippen MR) is 144 cm³/mol. The first-order valence-electron chi connectivity index (χ1n) is 10.9. The quantitative estimate of drug-likeness (QED) is 0.243. The second-order valence-corrected chi connectivity index (χ2v) is 7.41. The van der Waals surface area contributed by atoms with Gasteiger partial charge in [0.2, 0.25) is 17.7 Å². The Kier molecular flexibility index (Phi) is 7.52. The van der Waals surface area contributed by atoms with E-state index in [4.69, 9.17) is 9.47 Å². The van der Waals surface area contributed by atoms with E-state index in [9.17, 15) is 9.59 Å². The molecule has 0 aliphatic rings. The van der Waals surface area contributed by atoms with Crippen molar-refractivity contribution in [3.05, 3.63) is 103 Å². The summed E-state index contributed by atoms with van der Waals surface area (Å²) < 4.78 is 11.2. The summed E-state index contributed by atoms with van der Waals surface area (Å²) in [5, 5.41) is 8.56. The molecule has 0 radical (unpaired) electrons. The van der Waals surface area contributed by atoms with Crippen molar-refractivity contribution in [2.24, 2.45) is 0 Å². The van der Waals surface area contributed by atoms with Crippen molar-refractivity contribution in [2.45, 2.75) is 0 Å². The van der Waals surface area contributed by atoms with Crippen LogP contribution in [0, 0.1) is 0 Å². The van der Waals surface area contributed by atoms with Crippen molar-refractivity contribution in [3.8, 4) is 17.4 Å². The molecule has 0 atom stereocenters. The number of amides is 2. The lowest BCUT2D eigenvalue weighted by atomic mass is 10.2. The van der Waals surface area contributed by atoms with Crippen molar-refractivity contribution >= 4 is 34.8 Å². The Hall–Kier alpha value is -5.18. The molecule has 0 aliphatic heterocycles. The highest BCUT2D eigenvalue weighted by Crippen LogP contribution is 2.28. The van der Waals surface area contributed by atoms with E-state index >= 15 is 0 Å². The molecular formula is C27H29N5O4. The summed E-state index contributed by atoms with van der Waals surface area (Å²) in [4.78, 5) is 33.5. The highest BCUT2D eigenvalue weighted by Gasteiger charge is 2.18. The Labute approximate surface area is 212 Å². The molecule has 9 heteroatoms. The molecule has 186 valence electrons. The van der Waals surface area contributed by atoms with Crippen molar-refractivity contribution in [1.29, 1.82) is 0 Å². The Bertz CT molecular complexity index is 1410. The van der Waals surface area contributed by atoms with Gasteiger partial charge in [0, 0.05) is 39.7 Å². The highest BCUT2D eigenvalue weighted by molar-refractivity contribution is 6.05. The molecule has 4 rings (SSSR count). The van der Waals surface area contributed by atoms with Crippen LogP contribution in [0.3, 0.4) is 0 Å². The lowest BCUT2D eigenvalue weighted by Gasteiger charge is -2.13. The number of nitrogens with zero attached hydrogens (tertiary/aromatic N) is 2. The molecule has 4 aromatic rings. The lowest BCUT2D eigenvalue weighted by Crippen LogP contribution is -2.15. The van der Waals surface area contributed by atoms with E-state index in [-0.39, 0.29) is 27.6 Å². The Morgan fingerprint density at radius 2 is 1.58 bits per heavy atom. The van der Waals surface area contributed by atoms with E-state index in [1.54, 1.807) is 49.6 Å². The van der Waals surface area contributed by atoms with E-state index in [0.717, 1.165) is 0 Å². The topological polar surface area (TPSA) is 114 Å². The summed E-state index contributed by atoms with van der Waals surface area (Å²) in [6.45, 7) is 3.45. The number of para-hydroxylation sites is 1. The molecule has 3 aromatic carbocycles. The van der Waals surface area contributed by atoms with Crippen molar-refractivity contribution < 1.29 is 23.3 Å². The van der Waals surface area contributed by atoms with Gasteiger partial charge >= 0.3 is 0 Å². The van der Waals surface area contributed by atoms with Gasteiger partial charge in [-0.25, -0.2) is 4.98 Å². The molecule has 0 unspecified atom stereocenters. The minimum absolute atomic E-state index is 0. The summed E-state index contributed by atoms with van der Waals surface area (Å²) in [7, 11) is 1.58. The third-order valence-corrected chi connectivity index (χ3v) is 4.86. The molecule has 0 saturated heterocycles. The van der Waals surface area contributed by atoms with Gasteiger partial charge in [0.05, 0.1) is 7.11 Å². The molecule has 1 aromatic heterocycles. The van der Waals surface area contributed by atoms with Gasteiger partial charge in [-0.05, 0) is 42.5 Å². The van der Waals surface area contributed by atoms with E-state index in [1.807, 2.05) is 36.4 Å². The molecule has 0 spiro atoms. The standard InChI is InChI=1S/C27H23N5O4.3H2/c1-3-24(33)29-19-11-8-14-22(16-19)36-26-23(25(34)30-18-9-5-4-6-10-18)17-28-27(32-26)31-20-12-7-13-21(15-20)35-2;;;/h3-17H,1H2,2H3,(H,29,33)(H,30,34)(H,28,31,32);3*1H. The lowest BCUT2D eigenvalue weighted by molar-refractivity contribution is -0.111. The van der Waals surface area contributed by atoms with Gasteiger partial charge < -0.3 is 25.4 Å². The minimum Gasteiger partial charge on any atom is -0.497 e. The van der Waals surface area contributed by atoms with E-state index in [0.29, 0.717) is 28.6 Å². The number of hydrogen-bond donors (Lipinski definition) is 3. The average Bonchev–Trinajstić information content (AvgIpc) is 2.89. The third-order valence-electron chi connectivity index (χ3n) is 4.86. The molecule has 0 saturated carbocycles. The summed E-state index contributed by atoms with van der Waals surface area (Å²) >= 11 is 0. The van der Waals surface area contributed by atoms with Gasteiger partial charge in [0.25, 0.3) is 5.91 Å². The van der Waals surface area contributed by atoms with E-state index in [1.165, 1.54) is 12.3 Å². The van der Waals surface area contributed by atoms with Gasteiger partial charge in [-0.1, -0.05) is 36.9 Å². The largest absolute Gasteiger partial charge is 0.497 e. The monoisotopic (exact) mass is 487 g/mol. The number of ether oxygens (including phenoxy) is 2. The maximum Gasteiger partial charge on any atom is 0.262 e.